The van der Waals surface area contributed by atoms with Crippen LogP contribution >= 0.6 is 0 Å². The first-order chi connectivity index (χ1) is 15.3. The molecule has 0 spiro atoms. The Labute approximate surface area is 216 Å². The van der Waals surface area contributed by atoms with Crippen molar-refractivity contribution in [3.05, 3.63) is 35.1 Å². The van der Waals surface area contributed by atoms with Crippen molar-refractivity contribution in [1.29, 1.82) is 0 Å². The predicted molar refractivity (Wildman–Crippen MR) is 160 cm³/mol. The molecular formula is C31H63N3. The zero-order valence-electron chi connectivity index (χ0n) is 26.5. The molecule has 0 aromatic carbocycles. The molecule has 3 heteroatoms. The predicted octanol–water partition coefficient (Wildman–Crippen LogP) is 9.72. The van der Waals surface area contributed by atoms with Gasteiger partial charge in [-0.25, -0.2) is 0 Å². The molecule has 0 fully saturated rings. The molecule has 3 nitrogen and oxygen atoms in total. The summed E-state index contributed by atoms with van der Waals surface area (Å²) >= 11 is 0. The molecule has 0 aromatic heterocycles. The molecule has 0 amide bonds. The van der Waals surface area contributed by atoms with Gasteiger partial charge in [0.15, 0.2) is 0 Å². The zero-order valence-corrected chi connectivity index (χ0v) is 26.5. The lowest BCUT2D eigenvalue weighted by Crippen LogP contribution is -2.32. The van der Waals surface area contributed by atoms with E-state index in [0.717, 1.165) is 5.71 Å². The Bertz CT molecular complexity index is 567. The average molecular weight is 478 g/mol. The summed E-state index contributed by atoms with van der Waals surface area (Å²) in [5.41, 5.74) is 5.33. The van der Waals surface area contributed by atoms with Crippen molar-refractivity contribution in [3.63, 3.8) is 0 Å². The van der Waals surface area contributed by atoms with Crippen LogP contribution in [0.5, 0.6) is 0 Å². The van der Waals surface area contributed by atoms with Gasteiger partial charge in [-0.2, -0.15) is 5.10 Å². The van der Waals surface area contributed by atoms with Crippen molar-refractivity contribution in [2.45, 2.75) is 149 Å². The fraction of sp³-hybridized carbons (Fsp3) is 0.774. The second kappa shape index (κ2) is 19.8. The smallest absolute Gasteiger partial charge is 0.0417 e. The Kier molecular flexibility index (Phi) is 21.5. The molecule has 0 heterocycles. The number of nitrogens with zero attached hydrogens (tertiary/aromatic N) is 3. The summed E-state index contributed by atoms with van der Waals surface area (Å²) in [4.78, 5) is 2.37. The van der Waals surface area contributed by atoms with Crippen LogP contribution in [0.3, 0.4) is 0 Å². The standard InChI is InChI=1S/C12H22.C10H21N.C9H20N2/c1-9(2)7-12(11(5)6)8-10(3)4;1-8(2)7-11(9(3)4)10(5)6;1-7(2)10-11(8(3)4)9(5)6/h7-9,11H,1-6H3;7,9-10H,1-6H3;8-9H,1-6H3/b12-7+;;. The minimum atomic E-state index is 0.491. The maximum absolute atomic E-state index is 4.43. The van der Waals surface area contributed by atoms with E-state index in [-0.39, 0.29) is 0 Å². The van der Waals surface area contributed by atoms with E-state index in [1.807, 2.05) is 13.8 Å². The van der Waals surface area contributed by atoms with Crippen LogP contribution in [-0.2, 0) is 0 Å². The monoisotopic (exact) mass is 478 g/mol. The lowest BCUT2D eigenvalue weighted by atomic mass is 9.97. The van der Waals surface area contributed by atoms with Crippen LogP contribution < -0.4 is 0 Å². The van der Waals surface area contributed by atoms with Gasteiger partial charge in [-0.05, 0) is 121 Å². The van der Waals surface area contributed by atoms with E-state index in [1.54, 1.807) is 0 Å². The first kappa shape index (κ1) is 37.0. The second-order valence-electron chi connectivity index (χ2n) is 11.7. The topological polar surface area (TPSA) is 18.8 Å². The summed E-state index contributed by atoms with van der Waals surface area (Å²) in [5.74, 6) is 1.29. The summed E-state index contributed by atoms with van der Waals surface area (Å²) in [6.45, 7) is 39.1. The van der Waals surface area contributed by atoms with Crippen LogP contribution in [-0.4, -0.2) is 39.8 Å². The summed E-state index contributed by atoms with van der Waals surface area (Å²) in [7, 11) is 0. The SMILES string of the molecule is CC(C)=C/C(=C\C(C)C)C(C)C.CC(C)=CN(C(C)C)C(C)C.CC(C)=NN(C(C)C)C(C)C. The Hall–Kier alpha value is -1.51. The summed E-state index contributed by atoms with van der Waals surface area (Å²) in [5, 5.41) is 6.55. The third kappa shape index (κ3) is 22.3. The highest BCUT2D eigenvalue weighted by atomic mass is 15.5. The largest absolute Gasteiger partial charge is 0.373 e. The van der Waals surface area contributed by atoms with Crippen molar-refractivity contribution < 1.29 is 0 Å². The first-order valence-electron chi connectivity index (χ1n) is 13.4. The summed E-state index contributed by atoms with van der Waals surface area (Å²) < 4.78 is 0. The lowest BCUT2D eigenvalue weighted by molar-refractivity contribution is 0.183. The fourth-order valence-corrected chi connectivity index (χ4v) is 3.38. The molecule has 0 aliphatic carbocycles. The number of hydrogen-bond donors (Lipinski definition) is 0. The van der Waals surface area contributed by atoms with E-state index < -0.39 is 0 Å². The second-order valence-corrected chi connectivity index (χ2v) is 11.7. The molecule has 202 valence electrons. The molecule has 0 radical (unpaired) electrons. The van der Waals surface area contributed by atoms with Crippen LogP contribution in [0, 0.1) is 11.8 Å². The first-order valence-corrected chi connectivity index (χ1v) is 13.4. The molecule has 0 bridgehead atoms. The maximum atomic E-state index is 4.43. The molecule has 0 aromatic rings. The molecule has 0 N–H and O–H groups in total. The van der Waals surface area contributed by atoms with Crippen LogP contribution in [0.4, 0.5) is 0 Å². The van der Waals surface area contributed by atoms with Crippen LogP contribution in [0.1, 0.15) is 125 Å². The minimum Gasteiger partial charge on any atom is -0.373 e. The highest BCUT2D eigenvalue weighted by molar-refractivity contribution is 5.78. The van der Waals surface area contributed by atoms with E-state index in [1.165, 1.54) is 16.7 Å². The molecule has 0 aliphatic rings. The van der Waals surface area contributed by atoms with E-state index >= 15 is 0 Å². The zero-order chi connectivity index (χ0) is 27.8. The number of hydrogen-bond acceptors (Lipinski definition) is 3. The number of allylic oxidation sites excluding steroid dienone is 5. The number of rotatable bonds is 9. The fourth-order valence-electron chi connectivity index (χ4n) is 3.38. The quantitative estimate of drug-likeness (QED) is 0.187. The Morgan fingerprint density at radius 1 is 0.588 bits per heavy atom. The van der Waals surface area contributed by atoms with E-state index in [2.05, 4.69) is 144 Å². The van der Waals surface area contributed by atoms with E-state index in [9.17, 15) is 0 Å². The summed E-state index contributed by atoms with van der Waals surface area (Å²) in [6, 6.07) is 2.18. The molecule has 0 rings (SSSR count). The van der Waals surface area contributed by atoms with Gasteiger partial charge in [-0.15, -0.1) is 0 Å². The van der Waals surface area contributed by atoms with Gasteiger partial charge in [-0.3, -0.25) is 5.01 Å². The van der Waals surface area contributed by atoms with Crippen LogP contribution in [0.25, 0.3) is 0 Å². The van der Waals surface area contributed by atoms with Crippen LogP contribution in [0.15, 0.2) is 40.2 Å². The average Bonchev–Trinajstić information content (AvgIpc) is 2.62. The molecule has 0 saturated heterocycles. The minimum absolute atomic E-state index is 0.491. The van der Waals surface area contributed by atoms with E-state index in [0.29, 0.717) is 36.0 Å². The van der Waals surface area contributed by atoms with E-state index in [4.69, 9.17) is 0 Å². The molecule has 0 aliphatic heterocycles. The Morgan fingerprint density at radius 2 is 1.00 bits per heavy atom. The molecule has 0 atom stereocenters. The highest BCUT2D eigenvalue weighted by Gasteiger charge is 2.09. The van der Waals surface area contributed by atoms with Gasteiger partial charge in [0, 0.05) is 29.9 Å². The summed E-state index contributed by atoms with van der Waals surface area (Å²) in [6.07, 6.45) is 6.86. The maximum Gasteiger partial charge on any atom is 0.0417 e. The van der Waals surface area contributed by atoms with Crippen molar-refractivity contribution in [1.82, 2.24) is 9.91 Å². The van der Waals surface area contributed by atoms with Gasteiger partial charge in [0.2, 0.25) is 0 Å². The number of hydrazone groups is 1. The van der Waals surface area contributed by atoms with Gasteiger partial charge in [0.25, 0.3) is 0 Å². The molecule has 34 heavy (non-hydrogen) atoms. The Balaban J connectivity index is -0.000000425. The van der Waals surface area contributed by atoms with Crippen molar-refractivity contribution in [3.8, 4) is 0 Å². The van der Waals surface area contributed by atoms with Gasteiger partial charge in [0.05, 0.1) is 0 Å². The third-order valence-electron chi connectivity index (χ3n) is 4.62. The molecule has 0 saturated carbocycles. The normalized spacial score (nSPS) is 11.2. The highest BCUT2D eigenvalue weighted by Crippen LogP contribution is 2.15. The van der Waals surface area contributed by atoms with Crippen molar-refractivity contribution in [2.75, 3.05) is 0 Å². The van der Waals surface area contributed by atoms with Crippen LogP contribution in [0.2, 0.25) is 0 Å². The molecule has 0 unspecified atom stereocenters. The third-order valence-corrected chi connectivity index (χ3v) is 4.62. The van der Waals surface area contributed by atoms with Crippen molar-refractivity contribution in [2.24, 2.45) is 16.9 Å². The molecular weight excluding hydrogens is 414 g/mol. The van der Waals surface area contributed by atoms with Crippen molar-refractivity contribution >= 4 is 5.71 Å². The Morgan fingerprint density at radius 3 is 1.15 bits per heavy atom. The lowest BCUT2D eigenvalue weighted by Gasteiger charge is -2.29. The van der Waals surface area contributed by atoms with Gasteiger partial charge >= 0.3 is 0 Å². The van der Waals surface area contributed by atoms with Gasteiger partial charge < -0.3 is 4.90 Å². The van der Waals surface area contributed by atoms with Gasteiger partial charge in [-0.1, -0.05) is 51.0 Å². The van der Waals surface area contributed by atoms with Gasteiger partial charge in [0.1, 0.15) is 0 Å².